The fraction of sp³-hybridized carbons (Fsp3) is 0.333. The monoisotopic (exact) mass is 259 g/mol. The Kier molecular flexibility index (Phi) is 7.84. The van der Waals surface area contributed by atoms with Crippen LogP contribution in [-0.2, 0) is 6.54 Å². The van der Waals surface area contributed by atoms with Crippen LogP contribution in [0.4, 0.5) is 0 Å². The lowest BCUT2D eigenvalue weighted by Gasteiger charge is -2.10. The van der Waals surface area contributed by atoms with Gasteiger partial charge in [-0.25, -0.2) is 0 Å². The van der Waals surface area contributed by atoms with Gasteiger partial charge in [-0.3, -0.25) is 0 Å². The van der Waals surface area contributed by atoms with E-state index in [0.717, 1.165) is 11.3 Å². The number of hydrogen-bond acceptors (Lipinski definition) is 2. The Hall–Kier alpha value is -0.880. The van der Waals surface area contributed by atoms with Gasteiger partial charge < -0.3 is 10.1 Å². The van der Waals surface area contributed by atoms with Gasteiger partial charge in [0.1, 0.15) is 5.75 Å². The summed E-state index contributed by atoms with van der Waals surface area (Å²) in [6.07, 6.45) is 5.15. The van der Waals surface area contributed by atoms with Crippen molar-refractivity contribution in [1.29, 1.82) is 0 Å². The van der Waals surface area contributed by atoms with Gasteiger partial charge in [-0.05, 0) is 25.1 Å². The van der Waals surface area contributed by atoms with Gasteiger partial charge in [0.15, 0.2) is 0 Å². The number of halogens is 2. The Morgan fingerprint density at radius 2 is 2.25 bits per heavy atom. The van der Waals surface area contributed by atoms with Crippen molar-refractivity contribution in [3.8, 4) is 18.1 Å². The summed E-state index contributed by atoms with van der Waals surface area (Å²) in [5.41, 5.74) is 1.03. The first-order valence-corrected chi connectivity index (χ1v) is 5.21. The second kappa shape index (κ2) is 8.29. The highest BCUT2D eigenvalue weighted by atomic mass is 35.5. The Morgan fingerprint density at radius 3 is 2.88 bits per heavy atom. The third-order valence-electron chi connectivity index (χ3n) is 1.86. The predicted octanol–water partition coefficient (Wildman–Crippen LogP) is 2.88. The summed E-state index contributed by atoms with van der Waals surface area (Å²) in [6.45, 7) is 3.80. The minimum atomic E-state index is 0. The summed E-state index contributed by atoms with van der Waals surface area (Å²) in [7, 11) is 0. The zero-order valence-electron chi connectivity index (χ0n) is 9.13. The third kappa shape index (κ3) is 4.76. The standard InChI is InChI=1S/C12H14ClNO.ClH/c1-3-7-14-9-10-8-11(13)5-6-12(10)15-4-2;/h1,5-6,8,14H,4,7,9H2,2H3;1H. The molecule has 0 radical (unpaired) electrons. The number of rotatable bonds is 5. The summed E-state index contributed by atoms with van der Waals surface area (Å²) in [4.78, 5) is 0. The minimum Gasteiger partial charge on any atom is -0.494 e. The molecule has 0 heterocycles. The topological polar surface area (TPSA) is 21.3 Å². The molecule has 1 rings (SSSR count). The van der Waals surface area contributed by atoms with E-state index in [9.17, 15) is 0 Å². The average molecular weight is 260 g/mol. The van der Waals surface area contributed by atoms with E-state index >= 15 is 0 Å². The summed E-state index contributed by atoms with van der Waals surface area (Å²) < 4.78 is 5.47. The molecule has 0 amide bonds. The van der Waals surface area contributed by atoms with Crippen LogP contribution in [0.5, 0.6) is 5.75 Å². The molecule has 0 aliphatic heterocycles. The van der Waals surface area contributed by atoms with Gasteiger partial charge in [-0.15, -0.1) is 18.8 Å². The van der Waals surface area contributed by atoms with Crippen molar-refractivity contribution in [3.63, 3.8) is 0 Å². The molecule has 1 aromatic rings. The van der Waals surface area contributed by atoms with Crippen LogP contribution in [0.1, 0.15) is 12.5 Å². The predicted molar refractivity (Wildman–Crippen MR) is 70.4 cm³/mol. The van der Waals surface area contributed by atoms with Gasteiger partial charge in [0, 0.05) is 17.1 Å². The molecule has 1 aromatic carbocycles. The maximum Gasteiger partial charge on any atom is 0.123 e. The van der Waals surface area contributed by atoms with Crippen LogP contribution in [-0.4, -0.2) is 13.2 Å². The molecule has 0 aliphatic rings. The van der Waals surface area contributed by atoms with E-state index in [1.807, 2.05) is 25.1 Å². The van der Waals surface area contributed by atoms with Crippen molar-refractivity contribution in [1.82, 2.24) is 5.32 Å². The molecule has 0 saturated heterocycles. The minimum absolute atomic E-state index is 0. The zero-order valence-corrected chi connectivity index (χ0v) is 10.7. The van der Waals surface area contributed by atoms with Crippen LogP contribution in [0, 0.1) is 12.3 Å². The Labute approximate surface area is 108 Å². The Balaban J connectivity index is 0.00000225. The summed E-state index contributed by atoms with van der Waals surface area (Å²) >= 11 is 5.91. The smallest absolute Gasteiger partial charge is 0.123 e. The summed E-state index contributed by atoms with van der Waals surface area (Å²) in [6, 6.07) is 5.58. The fourth-order valence-electron chi connectivity index (χ4n) is 1.25. The highest BCUT2D eigenvalue weighted by molar-refractivity contribution is 6.30. The molecule has 88 valence electrons. The second-order valence-electron chi connectivity index (χ2n) is 2.99. The van der Waals surface area contributed by atoms with Gasteiger partial charge in [-0.2, -0.15) is 0 Å². The van der Waals surface area contributed by atoms with Crippen molar-refractivity contribution in [3.05, 3.63) is 28.8 Å². The van der Waals surface area contributed by atoms with Crippen LogP contribution in [0.3, 0.4) is 0 Å². The third-order valence-corrected chi connectivity index (χ3v) is 2.10. The van der Waals surface area contributed by atoms with Gasteiger partial charge in [-0.1, -0.05) is 17.5 Å². The zero-order chi connectivity index (χ0) is 11.1. The first-order valence-electron chi connectivity index (χ1n) is 4.83. The molecule has 0 fully saturated rings. The van der Waals surface area contributed by atoms with E-state index < -0.39 is 0 Å². The lowest BCUT2D eigenvalue weighted by Crippen LogP contribution is -2.14. The summed E-state index contributed by atoms with van der Waals surface area (Å²) in [5.74, 6) is 3.37. The van der Waals surface area contributed by atoms with Gasteiger partial charge in [0.05, 0.1) is 13.2 Å². The van der Waals surface area contributed by atoms with Gasteiger partial charge in [0.2, 0.25) is 0 Å². The molecule has 2 nitrogen and oxygen atoms in total. The molecule has 16 heavy (non-hydrogen) atoms. The quantitative estimate of drug-likeness (QED) is 0.649. The highest BCUT2D eigenvalue weighted by Crippen LogP contribution is 2.22. The largest absolute Gasteiger partial charge is 0.494 e. The number of ether oxygens (including phenoxy) is 1. The molecule has 0 aliphatic carbocycles. The molecular weight excluding hydrogens is 245 g/mol. The van der Waals surface area contributed by atoms with Crippen LogP contribution in [0.2, 0.25) is 5.02 Å². The maximum atomic E-state index is 5.91. The molecule has 1 N–H and O–H groups in total. The Bertz CT molecular complexity index is 361. The number of terminal acetylenes is 1. The number of benzene rings is 1. The molecule has 0 aromatic heterocycles. The molecule has 0 unspecified atom stereocenters. The molecule has 0 saturated carbocycles. The van der Waals surface area contributed by atoms with Crippen LogP contribution in [0.25, 0.3) is 0 Å². The van der Waals surface area contributed by atoms with Crippen molar-refractivity contribution in [2.75, 3.05) is 13.2 Å². The number of nitrogens with one attached hydrogen (secondary N) is 1. The Morgan fingerprint density at radius 1 is 1.50 bits per heavy atom. The van der Waals surface area contributed by atoms with Crippen LogP contribution >= 0.6 is 24.0 Å². The lowest BCUT2D eigenvalue weighted by atomic mass is 10.2. The van der Waals surface area contributed by atoms with Gasteiger partial charge >= 0.3 is 0 Å². The lowest BCUT2D eigenvalue weighted by molar-refractivity contribution is 0.335. The molecule has 0 atom stereocenters. The van der Waals surface area contributed by atoms with E-state index in [-0.39, 0.29) is 12.4 Å². The van der Waals surface area contributed by atoms with Crippen LogP contribution in [0.15, 0.2) is 18.2 Å². The van der Waals surface area contributed by atoms with Crippen molar-refractivity contribution >= 4 is 24.0 Å². The SMILES string of the molecule is C#CCNCc1cc(Cl)ccc1OCC.Cl. The maximum absolute atomic E-state index is 5.91. The van der Waals surface area contributed by atoms with Crippen molar-refractivity contribution in [2.45, 2.75) is 13.5 Å². The van der Waals surface area contributed by atoms with E-state index in [4.69, 9.17) is 22.8 Å². The molecule has 0 spiro atoms. The van der Waals surface area contributed by atoms with Gasteiger partial charge in [0.25, 0.3) is 0 Å². The summed E-state index contributed by atoms with van der Waals surface area (Å²) in [5, 5.41) is 3.81. The molecular formula is C12H15Cl2NO. The van der Waals surface area contributed by atoms with Crippen molar-refractivity contribution < 1.29 is 4.74 Å². The number of hydrogen-bond donors (Lipinski definition) is 1. The highest BCUT2D eigenvalue weighted by Gasteiger charge is 2.03. The fourth-order valence-corrected chi connectivity index (χ4v) is 1.45. The first kappa shape index (κ1) is 15.1. The molecule has 0 bridgehead atoms. The first-order chi connectivity index (χ1) is 7.27. The van der Waals surface area contributed by atoms with E-state index in [0.29, 0.717) is 24.7 Å². The second-order valence-corrected chi connectivity index (χ2v) is 3.43. The van der Waals surface area contributed by atoms with E-state index in [2.05, 4.69) is 11.2 Å². The van der Waals surface area contributed by atoms with Crippen LogP contribution < -0.4 is 10.1 Å². The average Bonchev–Trinajstić information content (AvgIpc) is 2.22. The molecule has 4 heteroatoms. The van der Waals surface area contributed by atoms with Crippen molar-refractivity contribution in [2.24, 2.45) is 0 Å². The van der Waals surface area contributed by atoms with E-state index in [1.165, 1.54) is 0 Å². The van der Waals surface area contributed by atoms with E-state index in [1.54, 1.807) is 0 Å². The normalized spacial score (nSPS) is 9.06.